The smallest absolute Gasteiger partial charge is 0.306 e. The molecule has 1 amide bonds. The van der Waals surface area contributed by atoms with Crippen LogP contribution in [0.3, 0.4) is 0 Å². The summed E-state index contributed by atoms with van der Waals surface area (Å²) < 4.78 is 39.7. The molecule has 0 unspecified atom stereocenters. The number of rotatable bonds is 9. The summed E-state index contributed by atoms with van der Waals surface area (Å²) in [5.41, 5.74) is 2.07. The van der Waals surface area contributed by atoms with E-state index in [1.54, 1.807) is 23.1 Å². The molecule has 1 aliphatic rings. The van der Waals surface area contributed by atoms with E-state index in [0.29, 0.717) is 29.0 Å². The number of amides is 1. The number of Topliss-reactive ketones (excluding diaryl/α,β-unsaturated/α-hetero) is 1. The van der Waals surface area contributed by atoms with Crippen molar-refractivity contribution in [1.29, 1.82) is 5.41 Å². The highest BCUT2D eigenvalue weighted by atomic mass is 79.9. The first-order chi connectivity index (χ1) is 17.2. The van der Waals surface area contributed by atoms with Crippen molar-refractivity contribution in [2.75, 3.05) is 33.6 Å². The predicted molar refractivity (Wildman–Crippen MR) is 150 cm³/mol. The minimum atomic E-state index is -3.87. The summed E-state index contributed by atoms with van der Waals surface area (Å²) in [6, 6.07) is 6.33. The number of fused-ring (bicyclic) bond motifs is 1. The summed E-state index contributed by atoms with van der Waals surface area (Å²) in [5, 5.41) is 11.3. The number of ketones is 1. The molecule has 10 nitrogen and oxygen atoms in total. The highest BCUT2D eigenvalue weighted by Crippen LogP contribution is 2.38. The van der Waals surface area contributed by atoms with Crippen LogP contribution in [-0.2, 0) is 22.1 Å². The Morgan fingerprint density at radius 2 is 1.74 bits per heavy atom. The summed E-state index contributed by atoms with van der Waals surface area (Å²) in [6.07, 6.45) is 0.915. The van der Waals surface area contributed by atoms with Crippen LogP contribution in [0, 0.1) is 5.41 Å². The highest BCUT2D eigenvalue weighted by Gasteiger charge is 2.32. The van der Waals surface area contributed by atoms with Crippen molar-refractivity contribution >= 4 is 44.6 Å². The number of hydrogen-bond acceptors (Lipinski definition) is 8. The number of methoxy groups -OCH3 is 1. The first-order valence-electron chi connectivity index (χ1n) is 11.7. The van der Waals surface area contributed by atoms with E-state index in [9.17, 15) is 18.0 Å². The minimum Gasteiger partial charge on any atom is -0.493 e. The molecular weight excluding hydrogens is 578 g/mol. The monoisotopic (exact) mass is 611 g/mol. The lowest BCUT2D eigenvalue weighted by Gasteiger charge is -2.25. The summed E-state index contributed by atoms with van der Waals surface area (Å²) in [4.78, 5) is 27.6. The third-order valence-corrected chi connectivity index (χ3v) is 6.38. The quantitative estimate of drug-likeness (QED) is 0.324. The molecule has 2 aromatic carbocycles. The van der Waals surface area contributed by atoms with Gasteiger partial charge in [-0.15, -0.1) is 17.0 Å². The van der Waals surface area contributed by atoms with Crippen LogP contribution in [0.25, 0.3) is 0 Å². The van der Waals surface area contributed by atoms with Crippen molar-refractivity contribution in [3.05, 3.63) is 52.1 Å². The number of carbonyl (C=O) groups is 2. The van der Waals surface area contributed by atoms with Crippen LogP contribution in [0.2, 0.25) is 0 Å². The molecule has 2 N–H and O–H groups in total. The molecule has 0 fully saturated rings. The fourth-order valence-corrected chi connectivity index (χ4v) is 4.66. The van der Waals surface area contributed by atoms with Gasteiger partial charge in [-0.1, -0.05) is 20.8 Å². The summed E-state index contributed by atoms with van der Waals surface area (Å²) in [6.45, 7) is 8.11. The number of benzene rings is 2. The van der Waals surface area contributed by atoms with E-state index >= 15 is 0 Å². The van der Waals surface area contributed by atoms with Crippen LogP contribution in [0.1, 0.15) is 65.1 Å². The molecule has 12 heteroatoms. The fraction of sp³-hybridized carbons (Fsp3) is 0.423. The van der Waals surface area contributed by atoms with E-state index in [-0.39, 0.29) is 64.7 Å². The van der Waals surface area contributed by atoms with Gasteiger partial charge >= 0.3 is 10.1 Å². The van der Waals surface area contributed by atoms with Gasteiger partial charge in [-0.05, 0) is 47.7 Å². The molecule has 0 aliphatic carbocycles. The van der Waals surface area contributed by atoms with Crippen LogP contribution in [0.4, 0.5) is 0 Å². The van der Waals surface area contributed by atoms with Crippen LogP contribution < -0.4 is 19.0 Å². The van der Waals surface area contributed by atoms with E-state index in [1.165, 1.54) is 20.2 Å². The molecule has 208 valence electrons. The highest BCUT2D eigenvalue weighted by molar-refractivity contribution is 8.93. The molecule has 0 spiro atoms. The second kappa shape index (κ2) is 11.7. The van der Waals surface area contributed by atoms with Crippen LogP contribution in [0.5, 0.6) is 17.2 Å². The zero-order chi connectivity index (χ0) is 27.7. The van der Waals surface area contributed by atoms with E-state index in [0.717, 1.165) is 11.8 Å². The van der Waals surface area contributed by atoms with Gasteiger partial charge in [-0.3, -0.25) is 15.0 Å². The molecule has 1 aliphatic heterocycles. The number of halogens is 1. The molecule has 0 saturated heterocycles. The number of nitrogens with zero attached hydrogens (tertiary/aromatic N) is 1. The van der Waals surface area contributed by atoms with Crippen molar-refractivity contribution in [3.63, 3.8) is 0 Å². The van der Waals surface area contributed by atoms with E-state index in [2.05, 4.69) is 5.32 Å². The van der Waals surface area contributed by atoms with Gasteiger partial charge in [-0.2, -0.15) is 8.42 Å². The van der Waals surface area contributed by atoms with Crippen molar-refractivity contribution in [2.45, 2.75) is 39.7 Å². The first-order valence-corrected chi connectivity index (χ1v) is 13.5. The van der Waals surface area contributed by atoms with Gasteiger partial charge < -0.3 is 23.9 Å². The van der Waals surface area contributed by atoms with Gasteiger partial charge in [0.05, 0.1) is 32.1 Å². The number of hydrogen-bond donors (Lipinski definition) is 2. The predicted octanol–water partition coefficient (Wildman–Crippen LogP) is 3.69. The molecule has 0 atom stereocenters. The van der Waals surface area contributed by atoms with E-state index in [4.69, 9.17) is 19.1 Å². The van der Waals surface area contributed by atoms with Gasteiger partial charge in [0.1, 0.15) is 11.6 Å². The molecule has 0 saturated carbocycles. The van der Waals surface area contributed by atoms with Gasteiger partial charge in [0.25, 0.3) is 5.91 Å². The Hall–Kier alpha value is -3.12. The Morgan fingerprint density at radius 1 is 1.08 bits per heavy atom. The van der Waals surface area contributed by atoms with Gasteiger partial charge in [0.2, 0.25) is 0 Å². The number of ether oxygens (including phenoxy) is 2. The number of nitrogens with one attached hydrogen (secondary N) is 2. The van der Waals surface area contributed by atoms with E-state index in [1.807, 2.05) is 27.7 Å². The van der Waals surface area contributed by atoms with Crippen LogP contribution in [-0.4, -0.2) is 64.4 Å². The average molecular weight is 613 g/mol. The Kier molecular flexibility index (Phi) is 9.60. The van der Waals surface area contributed by atoms with Gasteiger partial charge in [-0.25, -0.2) is 0 Å². The zero-order valence-corrected chi connectivity index (χ0v) is 25.1. The number of amidine groups is 1. The van der Waals surface area contributed by atoms with Crippen molar-refractivity contribution in [2.24, 2.45) is 0 Å². The lowest BCUT2D eigenvalue weighted by molar-refractivity contribution is 0.0952. The Morgan fingerprint density at radius 3 is 2.26 bits per heavy atom. The summed E-state index contributed by atoms with van der Waals surface area (Å²) in [5.74, 6) is -0.0273. The second-order valence-corrected chi connectivity index (χ2v) is 11.3. The molecule has 3 rings (SSSR count). The van der Waals surface area contributed by atoms with Crippen molar-refractivity contribution in [1.82, 2.24) is 10.2 Å². The first kappa shape index (κ1) is 31.1. The standard InChI is InChI=1S/C26H33N3O7S.BrH/c1-8-35-21-9-15-13-29(24(27)16(15)10-18(21)25(31)28-5)14-20(30)17-11-23(36-37(7,32)33)22(34-6)12-19(17)26(2,3)4;/h9-12,27H,8,13-14H2,1-7H3,(H,28,31);1H. The molecular formula is C26H34BrN3O7S. The maximum Gasteiger partial charge on any atom is 0.306 e. The normalized spacial score (nSPS) is 12.9. The van der Waals surface area contributed by atoms with Crippen molar-refractivity contribution < 1.29 is 31.7 Å². The second-order valence-electron chi connectivity index (χ2n) is 9.73. The Balaban J connectivity index is 0.00000507. The topological polar surface area (TPSA) is 135 Å². The lowest BCUT2D eigenvalue weighted by Crippen LogP contribution is -2.31. The van der Waals surface area contributed by atoms with Crippen molar-refractivity contribution in [3.8, 4) is 17.2 Å². The third-order valence-electron chi connectivity index (χ3n) is 5.90. The third kappa shape index (κ3) is 6.65. The maximum atomic E-state index is 13.6. The minimum absolute atomic E-state index is 0. The Bertz CT molecular complexity index is 1370. The largest absolute Gasteiger partial charge is 0.493 e. The molecule has 0 radical (unpaired) electrons. The van der Waals surface area contributed by atoms with E-state index < -0.39 is 15.5 Å². The fourth-order valence-electron chi connectivity index (χ4n) is 4.21. The van der Waals surface area contributed by atoms with Gasteiger partial charge in [0, 0.05) is 24.7 Å². The number of carbonyl (C=O) groups excluding carboxylic acids is 2. The molecule has 0 aromatic heterocycles. The Labute approximate surface area is 234 Å². The molecule has 38 heavy (non-hydrogen) atoms. The summed E-state index contributed by atoms with van der Waals surface area (Å²) in [7, 11) is -0.958. The van der Waals surface area contributed by atoms with Gasteiger partial charge in [0.15, 0.2) is 17.3 Å². The SMILES string of the molecule is Br.CCOc1cc2c(cc1C(=O)NC)C(=N)N(CC(=O)c1cc(OS(C)(=O)=O)c(OC)cc1C(C)(C)C)C2. The molecule has 0 bridgehead atoms. The molecule has 1 heterocycles. The van der Waals surface area contributed by atoms with Crippen LogP contribution >= 0.6 is 17.0 Å². The molecule has 2 aromatic rings. The lowest BCUT2D eigenvalue weighted by atomic mass is 9.82. The maximum absolute atomic E-state index is 13.6. The average Bonchev–Trinajstić information content (AvgIpc) is 3.10. The zero-order valence-electron chi connectivity index (χ0n) is 22.6. The van der Waals surface area contributed by atoms with Crippen LogP contribution in [0.15, 0.2) is 24.3 Å². The summed E-state index contributed by atoms with van der Waals surface area (Å²) >= 11 is 0.